The summed E-state index contributed by atoms with van der Waals surface area (Å²) in [5.74, 6) is 0.136. The van der Waals surface area contributed by atoms with Crippen molar-refractivity contribution < 1.29 is 4.79 Å². The highest BCUT2D eigenvalue weighted by Crippen LogP contribution is 2.13. The summed E-state index contributed by atoms with van der Waals surface area (Å²) in [6.45, 7) is 2.23. The van der Waals surface area contributed by atoms with Gasteiger partial charge in [0, 0.05) is 17.4 Å². The first-order valence-electron chi connectivity index (χ1n) is 8.21. The lowest BCUT2D eigenvalue weighted by Crippen LogP contribution is -2.11. The van der Waals surface area contributed by atoms with E-state index in [0.717, 1.165) is 23.9 Å². The van der Waals surface area contributed by atoms with Crippen LogP contribution in [0.3, 0.4) is 0 Å². The fraction of sp³-hybridized carbons (Fsp3) is 0.611. The second-order valence-corrected chi connectivity index (χ2v) is 6.35. The molecule has 0 spiro atoms. The molecule has 1 N–H and O–H groups in total. The molecular formula is C18H28BrNO. The summed E-state index contributed by atoms with van der Waals surface area (Å²) in [7, 11) is 0. The monoisotopic (exact) mass is 353 g/mol. The number of unbranched alkanes of at least 4 members (excludes halogenated alkanes) is 6. The van der Waals surface area contributed by atoms with Gasteiger partial charge in [-0.3, -0.25) is 4.79 Å². The average molecular weight is 354 g/mol. The van der Waals surface area contributed by atoms with Gasteiger partial charge in [0.05, 0.1) is 0 Å². The summed E-state index contributed by atoms with van der Waals surface area (Å²) >= 11 is 3.43. The lowest BCUT2D eigenvalue weighted by atomic mass is 10.1. The topological polar surface area (TPSA) is 29.1 Å². The zero-order valence-electron chi connectivity index (χ0n) is 13.2. The van der Waals surface area contributed by atoms with Crippen molar-refractivity contribution in [2.45, 2.75) is 64.7 Å². The van der Waals surface area contributed by atoms with Gasteiger partial charge in [0.15, 0.2) is 0 Å². The molecule has 0 atom stereocenters. The van der Waals surface area contributed by atoms with E-state index in [4.69, 9.17) is 0 Å². The summed E-state index contributed by atoms with van der Waals surface area (Å²) in [5, 5.41) is 3.94. The number of nitrogens with one attached hydrogen (secondary N) is 1. The molecule has 0 aliphatic heterocycles. The Bertz CT molecular complexity index is 389. The maximum Gasteiger partial charge on any atom is 0.224 e. The molecule has 118 valence electrons. The van der Waals surface area contributed by atoms with Crippen molar-refractivity contribution in [3.8, 4) is 0 Å². The lowest BCUT2D eigenvalue weighted by molar-refractivity contribution is -0.116. The van der Waals surface area contributed by atoms with Gasteiger partial charge in [-0.1, -0.05) is 73.5 Å². The van der Waals surface area contributed by atoms with Crippen LogP contribution in [0.2, 0.25) is 0 Å². The van der Waals surface area contributed by atoms with Gasteiger partial charge in [0.1, 0.15) is 0 Å². The van der Waals surface area contributed by atoms with Crippen molar-refractivity contribution in [3.05, 3.63) is 29.8 Å². The molecule has 0 heterocycles. The minimum atomic E-state index is 0.136. The predicted molar refractivity (Wildman–Crippen MR) is 95.2 cm³/mol. The van der Waals surface area contributed by atoms with E-state index in [1.165, 1.54) is 44.1 Å². The van der Waals surface area contributed by atoms with Gasteiger partial charge in [-0.15, -0.1) is 0 Å². The van der Waals surface area contributed by atoms with E-state index < -0.39 is 0 Å². The molecule has 0 radical (unpaired) electrons. The lowest BCUT2D eigenvalue weighted by Gasteiger charge is -2.06. The minimum absolute atomic E-state index is 0.136. The van der Waals surface area contributed by atoms with Crippen LogP contribution in [0, 0.1) is 0 Å². The van der Waals surface area contributed by atoms with E-state index in [2.05, 4.69) is 40.3 Å². The first kappa shape index (κ1) is 18.2. The van der Waals surface area contributed by atoms with Crippen LogP contribution in [-0.4, -0.2) is 11.2 Å². The maximum absolute atomic E-state index is 11.8. The summed E-state index contributed by atoms with van der Waals surface area (Å²) in [6, 6.07) is 8.12. The van der Waals surface area contributed by atoms with Crippen molar-refractivity contribution in [3.63, 3.8) is 0 Å². The van der Waals surface area contributed by atoms with Crippen LogP contribution in [-0.2, 0) is 11.2 Å². The Morgan fingerprint density at radius 2 is 1.62 bits per heavy atom. The molecule has 1 amide bonds. The highest BCUT2D eigenvalue weighted by molar-refractivity contribution is 9.09. The van der Waals surface area contributed by atoms with E-state index in [0.29, 0.717) is 6.42 Å². The number of carbonyl (C=O) groups is 1. The smallest absolute Gasteiger partial charge is 0.224 e. The van der Waals surface area contributed by atoms with Crippen molar-refractivity contribution in [2.75, 3.05) is 10.6 Å². The molecular weight excluding hydrogens is 326 g/mol. The van der Waals surface area contributed by atoms with Crippen molar-refractivity contribution in [1.29, 1.82) is 0 Å². The number of anilines is 1. The van der Waals surface area contributed by atoms with Gasteiger partial charge in [-0.2, -0.15) is 0 Å². The standard InChI is InChI=1S/C18H28BrNO/c1-2-3-4-5-6-7-8-9-18(21)20-17-12-10-16(11-13-17)14-15-19/h10-13H,2-9,14-15H2,1H3,(H,20,21). The first-order chi connectivity index (χ1) is 10.3. The number of hydrogen-bond donors (Lipinski definition) is 1. The number of amides is 1. The first-order valence-corrected chi connectivity index (χ1v) is 9.33. The van der Waals surface area contributed by atoms with E-state index in [1.54, 1.807) is 0 Å². The molecule has 0 unspecified atom stereocenters. The average Bonchev–Trinajstić information content (AvgIpc) is 2.49. The van der Waals surface area contributed by atoms with Gasteiger partial charge in [0.2, 0.25) is 5.91 Å². The normalized spacial score (nSPS) is 10.6. The Labute approximate surface area is 137 Å². The second kappa shape index (κ2) is 11.8. The third-order valence-corrected chi connectivity index (χ3v) is 4.02. The maximum atomic E-state index is 11.8. The molecule has 0 aromatic heterocycles. The zero-order chi connectivity index (χ0) is 15.3. The third kappa shape index (κ3) is 8.92. The third-order valence-electron chi connectivity index (χ3n) is 3.63. The summed E-state index contributed by atoms with van der Waals surface area (Å²) in [4.78, 5) is 11.8. The van der Waals surface area contributed by atoms with Crippen LogP contribution < -0.4 is 5.32 Å². The number of benzene rings is 1. The van der Waals surface area contributed by atoms with Crippen LogP contribution in [0.4, 0.5) is 5.69 Å². The fourth-order valence-corrected chi connectivity index (χ4v) is 2.79. The molecule has 0 saturated heterocycles. The van der Waals surface area contributed by atoms with Crippen LogP contribution in [0.1, 0.15) is 63.9 Å². The molecule has 0 aliphatic carbocycles. The Hall–Kier alpha value is -0.830. The molecule has 1 aromatic rings. The van der Waals surface area contributed by atoms with Crippen LogP contribution in [0.25, 0.3) is 0 Å². The number of hydrogen-bond acceptors (Lipinski definition) is 1. The van der Waals surface area contributed by atoms with Gasteiger partial charge < -0.3 is 5.32 Å². The second-order valence-electron chi connectivity index (χ2n) is 5.56. The SMILES string of the molecule is CCCCCCCCCC(=O)Nc1ccc(CCBr)cc1. The molecule has 1 aromatic carbocycles. The fourth-order valence-electron chi connectivity index (χ4n) is 2.33. The number of carbonyl (C=O) groups excluding carboxylic acids is 1. The Balaban J connectivity index is 2.12. The Morgan fingerprint density at radius 3 is 2.24 bits per heavy atom. The quantitative estimate of drug-likeness (QED) is 0.401. The molecule has 21 heavy (non-hydrogen) atoms. The molecule has 0 saturated carbocycles. The minimum Gasteiger partial charge on any atom is -0.326 e. The van der Waals surface area contributed by atoms with Crippen LogP contribution in [0.15, 0.2) is 24.3 Å². The van der Waals surface area contributed by atoms with Crippen LogP contribution in [0.5, 0.6) is 0 Å². The molecule has 1 rings (SSSR count). The summed E-state index contributed by atoms with van der Waals surface area (Å²) in [6.07, 6.45) is 10.4. The van der Waals surface area contributed by atoms with Crippen molar-refractivity contribution in [2.24, 2.45) is 0 Å². The largest absolute Gasteiger partial charge is 0.326 e. The Morgan fingerprint density at radius 1 is 1.00 bits per heavy atom. The number of aryl methyl sites for hydroxylation is 1. The highest BCUT2D eigenvalue weighted by atomic mass is 79.9. The highest BCUT2D eigenvalue weighted by Gasteiger charge is 2.02. The Kier molecular flexibility index (Phi) is 10.2. The van der Waals surface area contributed by atoms with Gasteiger partial charge >= 0.3 is 0 Å². The molecule has 3 heteroatoms. The van der Waals surface area contributed by atoms with E-state index in [1.807, 2.05) is 12.1 Å². The van der Waals surface area contributed by atoms with Gasteiger partial charge in [-0.05, 0) is 30.5 Å². The summed E-state index contributed by atoms with van der Waals surface area (Å²) in [5.41, 5.74) is 2.19. The molecule has 0 fully saturated rings. The number of halogens is 1. The predicted octanol–water partition coefficient (Wildman–Crippen LogP) is 5.70. The van der Waals surface area contributed by atoms with Crippen LogP contribution >= 0.6 is 15.9 Å². The molecule has 2 nitrogen and oxygen atoms in total. The van der Waals surface area contributed by atoms with E-state index in [9.17, 15) is 4.79 Å². The molecule has 0 bridgehead atoms. The zero-order valence-corrected chi connectivity index (χ0v) is 14.8. The van der Waals surface area contributed by atoms with Crippen molar-refractivity contribution in [1.82, 2.24) is 0 Å². The van der Waals surface area contributed by atoms with Gasteiger partial charge in [-0.25, -0.2) is 0 Å². The summed E-state index contributed by atoms with van der Waals surface area (Å²) < 4.78 is 0. The van der Waals surface area contributed by atoms with Crippen molar-refractivity contribution >= 4 is 27.5 Å². The number of rotatable bonds is 11. The molecule has 0 aliphatic rings. The van der Waals surface area contributed by atoms with E-state index >= 15 is 0 Å². The number of alkyl halides is 1. The van der Waals surface area contributed by atoms with Gasteiger partial charge in [0.25, 0.3) is 0 Å². The van der Waals surface area contributed by atoms with E-state index in [-0.39, 0.29) is 5.91 Å².